The third-order valence-electron chi connectivity index (χ3n) is 3.88. The Morgan fingerprint density at radius 3 is 2.60 bits per heavy atom. The number of hydrogen-bond acceptors (Lipinski definition) is 3. The van der Waals surface area contributed by atoms with E-state index in [9.17, 15) is 9.90 Å². The van der Waals surface area contributed by atoms with Gasteiger partial charge < -0.3 is 19.3 Å². The highest BCUT2D eigenvalue weighted by molar-refractivity contribution is 6.51. The number of nitrogens with zero attached hydrogens (tertiary/aromatic N) is 1. The van der Waals surface area contributed by atoms with E-state index in [-0.39, 0.29) is 5.56 Å². The Bertz CT molecular complexity index is 680. The Labute approximate surface area is 118 Å². The number of fused-ring (bicyclic) bond motifs is 1. The number of aliphatic hydroxyl groups is 1. The molecule has 0 fully saturated rings. The second-order valence-electron chi connectivity index (χ2n) is 6.07. The van der Waals surface area contributed by atoms with E-state index in [0.29, 0.717) is 5.52 Å². The summed E-state index contributed by atoms with van der Waals surface area (Å²) >= 11 is 0. The summed E-state index contributed by atoms with van der Waals surface area (Å²) in [5.74, 6) is 0. The molecule has 0 bridgehead atoms. The lowest BCUT2D eigenvalue weighted by atomic mass is 9.82. The van der Waals surface area contributed by atoms with Gasteiger partial charge in [-0.1, -0.05) is 0 Å². The fraction of sp³-hybridized carbons (Fsp3) is 0.500. The van der Waals surface area contributed by atoms with Gasteiger partial charge in [-0.3, -0.25) is 4.79 Å². The van der Waals surface area contributed by atoms with E-state index in [1.807, 2.05) is 19.9 Å². The molecule has 2 N–H and O–H groups in total. The zero-order valence-corrected chi connectivity index (χ0v) is 12.5. The molecule has 0 spiro atoms. The molecule has 0 unspecified atom stereocenters. The number of nitrogens with one attached hydrogen (secondary N) is 1. The van der Waals surface area contributed by atoms with Gasteiger partial charge in [0.25, 0.3) is 5.56 Å². The van der Waals surface area contributed by atoms with Gasteiger partial charge in [0.2, 0.25) is 0 Å². The van der Waals surface area contributed by atoms with E-state index in [1.54, 1.807) is 40.8 Å². The van der Waals surface area contributed by atoms with Gasteiger partial charge in [0.05, 0.1) is 11.2 Å². The van der Waals surface area contributed by atoms with E-state index in [1.165, 1.54) is 4.57 Å². The van der Waals surface area contributed by atoms with Crippen molar-refractivity contribution in [2.24, 2.45) is 7.05 Å². The summed E-state index contributed by atoms with van der Waals surface area (Å²) in [6, 6.07) is 1.84. The number of rotatable bonds is 4. The Morgan fingerprint density at radius 2 is 2.00 bits per heavy atom. The van der Waals surface area contributed by atoms with Crippen LogP contribution in [0.3, 0.4) is 0 Å². The predicted octanol–water partition coefficient (Wildman–Crippen LogP) is 0.677. The Hall–Kier alpha value is -1.53. The molecule has 0 atom stereocenters. The standard InChI is InChI=1S/C14H20BN2O3/c1-13(2,19)14(3,4)20-15-10-8-17(5)12(18)11-9(10)6-7-16-11/h6-8,16,19H,1-5H3. The normalized spacial score (nSPS) is 12.9. The average Bonchev–Trinajstić information content (AvgIpc) is 2.80. The van der Waals surface area contributed by atoms with Crippen LogP contribution < -0.4 is 11.0 Å². The van der Waals surface area contributed by atoms with E-state index < -0.39 is 11.2 Å². The van der Waals surface area contributed by atoms with Crippen molar-refractivity contribution in [2.75, 3.05) is 0 Å². The molecule has 2 heterocycles. The first-order valence-electron chi connectivity index (χ1n) is 6.53. The Kier molecular flexibility index (Phi) is 3.56. The molecule has 0 aliphatic rings. The van der Waals surface area contributed by atoms with Gasteiger partial charge in [0.15, 0.2) is 0 Å². The van der Waals surface area contributed by atoms with Crippen molar-refractivity contribution in [1.82, 2.24) is 9.55 Å². The summed E-state index contributed by atoms with van der Waals surface area (Å²) in [5, 5.41) is 10.9. The lowest BCUT2D eigenvalue weighted by Gasteiger charge is -2.37. The molecule has 0 aromatic carbocycles. The molecule has 2 rings (SSSR count). The number of aromatic nitrogens is 2. The smallest absolute Gasteiger partial charge is 0.333 e. The van der Waals surface area contributed by atoms with Crippen molar-refractivity contribution in [3.05, 3.63) is 28.8 Å². The molecule has 20 heavy (non-hydrogen) atoms. The Morgan fingerprint density at radius 1 is 1.35 bits per heavy atom. The third kappa shape index (κ3) is 2.53. The summed E-state index contributed by atoms with van der Waals surface area (Å²) in [4.78, 5) is 14.9. The molecule has 2 aromatic heterocycles. The van der Waals surface area contributed by atoms with E-state index in [2.05, 4.69) is 4.98 Å². The second kappa shape index (κ2) is 4.79. The quantitative estimate of drug-likeness (QED) is 0.806. The Balaban J connectivity index is 2.34. The minimum atomic E-state index is -0.985. The molecule has 0 saturated heterocycles. The fourth-order valence-corrected chi connectivity index (χ4v) is 1.75. The van der Waals surface area contributed by atoms with Crippen LogP contribution in [0.5, 0.6) is 0 Å². The van der Waals surface area contributed by atoms with Gasteiger partial charge in [-0.15, -0.1) is 0 Å². The lowest BCUT2D eigenvalue weighted by Crippen LogP contribution is -2.49. The number of pyridine rings is 1. The average molecular weight is 275 g/mol. The molecule has 107 valence electrons. The molecule has 6 heteroatoms. The molecular formula is C14H20BN2O3. The summed E-state index contributed by atoms with van der Waals surface area (Å²) in [6.07, 6.45) is 3.45. The van der Waals surface area contributed by atoms with Gasteiger partial charge in [0, 0.05) is 24.8 Å². The van der Waals surface area contributed by atoms with Gasteiger partial charge >= 0.3 is 7.48 Å². The molecule has 0 saturated carbocycles. The summed E-state index contributed by atoms with van der Waals surface area (Å²) in [6.45, 7) is 7.04. The highest BCUT2D eigenvalue weighted by Crippen LogP contribution is 2.24. The first kappa shape index (κ1) is 14.9. The molecule has 5 nitrogen and oxygen atoms in total. The summed E-state index contributed by atoms with van der Waals surface area (Å²) < 4.78 is 7.25. The first-order chi connectivity index (χ1) is 9.13. The van der Waals surface area contributed by atoms with Crippen molar-refractivity contribution >= 4 is 23.8 Å². The van der Waals surface area contributed by atoms with Crippen molar-refractivity contribution < 1.29 is 9.76 Å². The van der Waals surface area contributed by atoms with E-state index in [4.69, 9.17) is 4.65 Å². The zero-order chi connectivity index (χ0) is 15.1. The minimum absolute atomic E-state index is 0.0797. The molecular weight excluding hydrogens is 255 g/mol. The predicted molar refractivity (Wildman–Crippen MR) is 80.4 cm³/mol. The maximum absolute atomic E-state index is 11.9. The molecule has 2 aromatic rings. The van der Waals surface area contributed by atoms with Crippen LogP contribution in [-0.2, 0) is 11.7 Å². The van der Waals surface area contributed by atoms with Crippen molar-refractivity contribution in [3.63, 3.8) is 0 Å². The summed E-state index contributed by atoms with van der Waals surface area (Å²) in [5.41, 5.74) is -0.471. The van der Waals surface area contributed by atoms with Crippen LogP contribution in [0.15, 0.2) is 23.3 Å². The highest BCUT2D eigenvalue weighted by Gasteiger charge is 2.35. The number of H-pyrrole nitrogens is 1. The maximum atomic E-state index is 11.9. The monoisotopic (exact) mass is 275 g/mol. The van der Waals surface area contributed by atoms with Crippen LogP contribution in [0, 0.1) is 0 Å². The van der Waals surface area contributed by atoms with Crippen LogP contribution in [0.4, 0.5) is 0 Å². The first-order valence-corrected chi connectivity index (χ1v) is 6.53. The minimum Gasteiger partial charge on any atom is -0.427 e. The van der Waals surface area contributed by atoms with Crippen molar-refractivity contribution in [3.8, 4) is 0 Å². The zero-order valence-electron chi connectivity index (χ0n) is 12.5. The molecule has 0 aliphatic heterocycles. The number of hydrogen-bond donors (Lipinski definition) is 2. The van der Waals surface area contributed by atoms with Crippen molar-refractivity contribution in [1.29, 1.82) is 0 Å². The van der Waals surface area contributed by atoms with Gasteiger partial charge in [0.1, 0.15) is 5.52 Å². The van der Waals surface area contributed by atoms with Crippen LogP contribution >= 0.6 is 0 Å². The van der Waals surface area contributed by atoms with Crippen LogP contribution in [0.1, 0.15) is 27.7 Å². The van der Waals surface area contributed by atoms with Crippen molar-refractivity contribution in [2.45, 2.75) is 38.9 Å². The highest BCUT2D eigenvalue weighted by atomic mass is 16.5. The molecule has 1 radical (unpaired) electrons. The van der Waals surface area contributed by atoms with Gasteiger partial charge in [-0.25, -0.2) is 0 Å². The fourth-order valence-electron chi connectivity index (χ4n) is 1.75. The van der Waals surface area contributed by atoms with Crippen LogP contribution in [0.2, 0.25) is 0 Å². The van der Waals surface area contributed by atoms with E-state index in [0.717, 1.165) is 10.8 Å². The van der Waals surface area contributed by atoms with Crippen LogP contribution in [0.25, 0.3) is 10.9 Å². The molecule has 0 amide bonds. The largest absolute Gasteiger partial charge is 0.427 e. The second-order valence-corrected chi connectivity index (χ2v) is 6.07. The lowest BCUT2D eigenvalue weighted by molar-refractivity contribution is -0.0893. The maximum Gasteiger partial charge on any atom is 0.333 e. The topological polar surface area (TPSA) is 67.2 Å². The van der Waals surface area contributed by atoms with Gasteiger partial charge in [-0.2, -0.15) is 0 Å². The van der Waals surface area contributed by atoms with E-state index >= 15 is 0 Å². The van der Waals surface area contributed by atoms with Gasteiger partial charge in [-0.05, 0) is 39.2 Å². The number of aromatic amines is 1. The SMILES string of the molecule is Cn1cc([B]OC(C)(C)C(C)(C)O)c2cc[nH]c2c1=O. The number of aryl methyl sites for hydroxylation is 1. The summed E-state index contributed by atoms with van der Waals surface area (Å²) in [7, 11) is 3.29. The third-order valence-corrected chi connectivity index (χ3v) is 3.88. The van der Waals surface area contributed by atoms with Crippen LogP contribution in [-0.4, -0.2) is 33.3 Å². The molecule has 0 aliphatic carbocycles.